The summed E-state index contributed by atoms with van der Waals surface area (Å²) in [5, 5.41) is 25.3. The maximum atomic E-state index is 10.7. The van der Waals surface area contributed by atoms with E-state index in [0.29, 0.717) is 22.2 Å². The van der Waals surface area contributed by atoms with Gasteiger partial charge in [-0.15, -0.1) is 5.10 Å². The summed E-state index contributed by atoms with van der Waals surface area (Å²) in [5.74, 6) is -0.602. The van der Waals surface area contributed by atoms with Crippen molar-refractivity contribution in [3.8, 4) is 22.5 Å². The van der Waals surface area contributed by atoms with Gasteiger partial charge in [0, 0.05) is 18.0 Å². The maximum Gasteiger partial charge on any atom is 0.313 e. The van der Waals surface area contributed by atoms with E-state index in [9.17, 15) is 10.0 Å². The number of aromatic nitrogens is 5. The van der Waals surface area contributed by atoms with Crippen LogP contribution in [0.4, 0.5) is 5.69 Å². The lowest BCUT2D eigenvalue weighted by atomic mass is 10.0. The average molecular weight is 394 g/mol. The highest BCUT2D eigenvalue weighted by Gasteiger charge is 2.11. The lowest BCUT2D eigenvalue weighted by Crippen LogP contribution is -1.97. The van der Waals surface area contributed by atoms with Crippen molar-refractivity contribution in [2.75, 3.05) is 11.2 Å². The summed E-state index contributed by atoms with van der Waals surface area (Å²) in [6, 6.07) is 11.1. The SMILES string of the molecule is O=C(O)CSc1n[nH]c(-c2cc(NO)cc(-c3ccc4nccnc4c3)c2)n1. The van der Waals surface area contributed by atoms with Crippen LogP contribution in [0.15, 0.2) is 53.9 Å². The molecule has 0 bridgehead atoms. The first-order chi connectivity index (χ1) is 13.6. The lowest BCUT2D eigenvalue weighted by Gasteiger charge is -2.08. The number of aromatic amines is 1. The molecule has 140 valence electrons. The number of nitrogens with zero attached hydrogens (tertiary/aromatic N) is 4. The van der Waals surface area contributed by atoms with Crippen molar-refractivity contribution in [2.24, 2.45) is 0 Å². The molecule has 9 nitrogen and oxygen atoms in total. The van der Waals surface area contributed by atoms with Gasteiger partial charge in [-0.1, -0.05) is 17.8 Å². The molecule has 28 heavy (non-hydrogen) atoms. The van der Waals surface area contributed by atoms with Crippen molar-refractivity contribution in [3.63, 3.8) is 0 Å². The van der Waals surface area contributed by atoms with E-state index in [1.165, 1.54) is 0 Å². The van der Waals surface area contributed by atoms with Crippen LogP contribution in [0.1, 0.15) is 0 Å². The predicted molar refractivity (Wildman–Crippen MR) is 104 cm³/mol. The Balaban J connectivity index is 1.72. The van der Waals surface area contributed by atoms with Gasteiger partial charge in [0.05, 0.1) is 22.5 Å². The third-order valence-corrected chi connectivity index (χ3v) is 4.76. The van der Waals surface area contributed by atoms with Crippen LogP contribution >= 0.6 is 11.8 Å². The Labute approximate surface area is 162 Å². The third-order valence-electron chi connectivity index (χ3n) is 3.93. The second-order valence-electron chi connectivity index (χ2n) is 5.82. The number of hydrogen-bond acceptors (Lipinski definition) is 8. The molecule has 0 unspecified atom stereocenters. The number of benzene rings is 2. The van der Waals surface area contributed by atoms with E-state index in [1.54, 1.807) is 24.5 Å². The van der Waals surface area contributed by atoms with Crippen LogP contribution in [-0.4, -0.2) is 47.2 Å². The standard InChI is InChI=1S/C18H14N6O3S/c25-16(26)9-28-18-21-17(22-23-18)12-5-11(6-13(7-12)24-27)10-1-2-14-15(8-10)20-4-3-19-14/h1-8,24,27H,9H2,(H,25,26)(H,21,22,23). The van der Waals surface area contributed by atoms with Gasteiger partial charge in [0.1, 0.15) is 0 Å². The zero-order valence-electron chi connectivity index (χ0n) is 14.3. The van der Waals surface area contributed by atoms with Gasteiger partial charge in [-0.05, 0) is 41.5 Å². The monoisotopic (exact) mass is 394 g/mol. The summed E-state index contributed by atoms with van der Waals surface area (Å²) in [7, 11) is 0. The number of rotatable bonds is 6. The van der Waals surface area contributed by atoms with E-state index in [2.05, 4.69) is 30.6 Å². The molecular formula is C18H14N6O3S. The molecule has 0 saturated heterocycles. The van der Waals surface area contributed by atoms with Crippen LogP contribution in [0.2, 0.25) is 0 Å². The number of carboxylic acids is 1. The summed E-state index contributed by atoms with van der Waals surface area (Å²) in [6.07, 6.45) is 3.27. The largest absolute Gasteiger partial charge is 0.481 e. The topological polar surface area (TPSA) is 137 Å². The van der Waals surface area contributed by atoms with Crippen molar-refractivity contribution >= 4 is 34.5 Å². The predicted octanol–water partition coefficient (Wildman–Crippen LogP) is 3.06. The molecule has 2 aromatic carbocycles. The fraction of sp³-hybridized carbons (Fsp3) is 0.0556. The van der Waals surface area contributed by atoms with Crippen molar-refractivity contribution in [3.05, 3.63) is 48.8 Å². The summed E-state index contributed by atoms with van der Waals surface area (Å²) in [4.78, 5) is 23.6. The van der Waals surface area contributed by atoms with Crippen molar-refractivity contribution in [1.29, 1.82) is 0 Å². The van der Waals surface area contributed by atoms with E-state index >= 15 is 0 Å². The van der Waals surface area contributed by atoms with Crippen LogP contribution in [-0.2, 0) is 4.79 Å². The molecule has 0 aliphatic heterocycles. The highest BCUT2D eigenvalue weighted by Crippen LogP contribution is 2.30. The van der Waals surface area contributed by atoms with Gasteiger partial charge in [0.15, 0.2) is 5.82 Å². The van der Waals surface area contributed by atoms with Crippen LogP contribution in [0, 0.1) is 0 Å². The average Bonchev–Trinajstić information content (AvgIpc) is 3.20. The van der Waals surface area contributed by atoms with Gasteiger partial charge in [0.2, 0.25) is 5.16 Å². The van der Waals surface area contributed by atoms with Crippen LogP contribution < -0.4 is 5.48 Å². The molecule has 2 aromatic heterocycles. The van der Waals surface area contributed by atoms with Gasteiger partial charge in [-0.3, -0.25) is 30.5 Å². The van der Waals surface area contributed by atoms with Crippen LogP contribution in [0.3, 0.4) is 0 Å². The number of carboxylic acid groups (broad SMARTS) is 1. The minimum atomic E-state index is -0.940. The van der Waals surface area contributed by atoms with Crippen molar-refractivity contribution in [1.82, 2.24) is 25.1 Å². The van der Waals surface area contributed by atoms with Gasteiger partial charge >= 0.3 is 5.97 Å². The van der Waals surface area contributed by atoms with Crippen LogP contribution in [0.5, 0.6) is 0 Å². The molecule has 2 heterocycles. The van der Waals surface area contributed by atoms with Gasteiger partial charge in [0.25, 0.3) is 0 Å². The Morgan fingerprint density at radius 1 is 1.04 bits per heavy atom. The molecular weight excluding hydrogens is 380 g/mol. The number of fused-ring (bicyclic) bond motifs is 1. The minimum Gasteiger partial charge on any atom is -0.481 e. The Morgan fingerprint density at radius 3 is 2.61 bits per heavy atom. The summed E-state index contributed by atoms with van der Waals surface area (Å²) in [5.41, 5.74) is 6.59. The number of aliphatic carboxylic acids is 1. The Bertz CT molecular complexity index is 1160. The highest BCUT2D eigenvalue weighted by atomic mass is 32.2. The van der Waals surface area contributed by atoms with E-state index in [-0.39, 0.29) is 5.75 Å². The highest BCUT2D eigenvalue weighted by molar-refractivity contribution is 7.99. The Morgan fingerprint density at radius 2 is 1.82 bits per heavy atom. The maximum absolute atomic E-state index is 10.7. The molecule has 10 heteroatoms. The van der Waals surface area contributed by atoms with E-state index in [0.717, 1.165) is 33.9 Å². The van der Waals surface area contributed by atoms with Crippen molar-refractivity contribution < 1.29 is 15.1 Å². The molecule has 0 amide bonds. The normalized spacial score (nSPS) is 10.9. The number of anilines is 1. The number of nitrogens with one attached hydrogen (secondary N) is 2. The summed E-state index contributed by atoms with van der Waals surface area (Å²) in [6.45, 7) is 0. The molecule has 4 aromatic rings. The quantitative estimate of drug-likeness (QED) is 0.287. The second-order valence-corrected chi connectivity index (χ2v) is 6.76. The van der Waals surface area contributed by atoms with E-state index in [1.807, 2.05) is 24.3 Å². The first-order valence-corrected chi connectivity index (χ1v) is 9.14. The molecule has 0 saturated carbocycles. The molecule has 0 aliphatic carbocycles. The smallest absolute Gasteiger partial charge is 0.313 e. The summed E-state index contributed by atoms with van der Waals surface area (Å²) < 4.78 is 0. The van der Waals surface area contributed by atoms with Crippen LogP contribution in [0.25, 0.3) is 33.5 Å². The first-order valence-electron chi connectivity index (χ1n) is 8.16. The van der Waals surface area contributed by atoms with Crippen molar-refractivity contribution in [2.45, 2.75) is 5.16 Å². The van der Waals surface area contributed by atoms with Gasteiger partial charge in [-0.25, -0.2) is 4.98 Å². The molecule has 4 rings (SSSR count). The fourth-order valence-electron chi connectivity index (χ4n) is 2.70. The molecule has 0 radical (unpaired) electrons. The first kappa shape index (κ1) is 17.9. The Hall–Kier alpha value is -3.50. The Kier molecular flexibility index (Phi) is 4.87. The lowest BCUT2D eigenvalue weighted by molar-refractivity contribution is -0.133. The molecule has 0 aliphatic rings. The molecule has 0 atom stereocenters. The minimum absolute atomic E-state index is 0.126. The van der Waals surface area contributed by atoms with Gasteiger partial charge in [-0.2, -0.15) is 0 Å². The number of H-pyrrole nitrogens is 1. The number of carbonyl (C=O) groups is 1. The van der Waals surface area contributed by atoms with E-state index in [4.69, 9.17) is 5.11 Å². The zero-order chi connectivity index (χ0) is 19.5. The summed E-state index contributed by atoms with van der Waals surface area (Å²) >= 11 is 1.02. The molecule has 4 N–H and O–H groups in total. The number of thioether (sulfide) groups is 1. The third kappa shape index (κ3) is 3.77. The molecule has 0 spiro atoms. The second kappa shape index (κ2) is 7.62. The van der Waals surface area contributed by atoms with Gasteiger partial charge < -0.3 is 5.11 Å². The zero-order valence-corrected chi connectivity index (χ0v) is 15.1. The van der Waals surface area contributed by atoms with E-state index < -0.39 is 5.97 Å². The molecule has 0 fully saturated rings. The fourth-order valence-corrected chi connectivity index (χ4v) is 3.22. The number of hydrogen-bond donors (Lipinski definition) is 4.